The number of hydrogen-bond donors (Lipinski definition) is 4. The van der Waals surface area contributed by atoms with E-state index < -0.39 is 18.1 Å². The number of halogens is 1. The number of carbonyl (C=O) groups is 2. The number of methoxy groups -OCH3 is 1. The minimum absolute atomic E-state index is 0.109. The van der Waals surface area contributed by atoms with Crippen LogP contribution in [0.2, 0.25) is 5.02 Å². The molecule has 0 radical (unpaired) electrons. The van der Waals surface area contributed by atoms with E-state index in [1.54, 1.807) is 18.2 Å². The lowest BCUT2D eigenvalue weighted by Crippen LogP contribution is -2.41. The van der Waals surface area contributed by atoms with E-state index in [4.69, 9.17) is 26.6 Å². The zero-order chi connectivity index (χ0) is 15.1. The van der Waals surface area contributed by atoms with Crippen molar-refractivity contribution in [1.29, 1.82) is 0 Å². The second kappa shape index (κ2) is 7.56. The smallest absolute Gasteiger partial charge is 0.334 e. The van der Waals surface area contributed by atoms with Gasteiger partial charge in [0.05, 0.1) is 13.7 Å². The van der Waals surface area contributed by atoms with Crippen LogP contribution in [-0.2, 0) is 11.3 Å². The van der Waals surface area contributed by atoms with E-state index >= 15 is 0 Å². The molecule has 1 rings (SSSR count). The van der Waals surface area contributed by atoms with Crippen molar-refractivity contribution in [3.05, 3.63) is 28.8 Å². The number of rotatable bonds is 6. The van der Waals surface area contributed by atoms with Crippen LogP contribution in [0.15, 0.2) is 18.2 Å². The molecule has 8 heteroatoms. The lowest BCUT2D eigenvalue weighted by molar-refractivity contribution is -0.146. The van der Waals surface area contributed by atoms with Gasteiger partial charge in [0, 0.05) is 17.1 Å². The van der Waals surface area contributed by atoms with Gasteiger partial charge in [-0.05, 0) is 12.1 Å². The van der Waals surface area contributed by atoms with Crippen molar-refractivity contribution in [1.82, 2.24) is 10.6 Å². The van der Waals surface area contributed by atoms with E-state index in [9.17, 15) is 9.59 Å². The Hall–Kier alpha value is -1.99. The van der Waals surface area contributed by atoms with Crippen molar-refractivity contribution in [2.24, 2.45) is 0 Å². The Kier molecular flexibility index (Phi) is 6.08. The van der Waals surface area contributed by atoms with Crippen molar-refractivity contribution < 1.29 is 24.5 Å². The van der Waals surface area contributed by atoms with Gasteiger partial charge >= 0.3 is 12.0 Å². The maximum absolute atomic E-state index is 11.4. The molecular weight excluding hydrogens is 288 g/mol. The van der Waals surface area contributed by atoms with Crippen LogP contribution < -0.4 is 15.4 Å². The van der Waals surface area contributed by atoms with E-state index in [1.165, 1.54) is 7.11 Å². The molecule has 0 saturated heterocycles. The molecular formula is C12H15ClN2O5. The highest BCUT2D eigenvalue weighted by atomic mass is 35.5. The highest BCUT2D eigenvalue weighted by Crippen LogP contribution is 2.25. The molecule has 0 aliphatic carbocycles. The fraction of sp³-hybridized carbons (Fsp3) is 0.333. The molecule has 0 bridgehead atoms. The second-order valence-electron chi connectivity index (χ2n) is 3.84. The van der Waals surface area contributed by atoms with Gasteiger partial charge in [-0.2, -0.15) is 0 Å². The summed E-state index contributed by atoms with van der Waals surface area (Å²) < 4.78 is 5.11. The Balaban J connectivity index is 2.51. The normalized spacial score (nSPS) is 11.6. The van der Waals surface area contributed by atoms with Crippen molar-refractivity contribution in [2.45, 2.75) is 12.6 Å². The molecule has 1 aromatic rings. The Morgan fingerprint density at radius 3 is 2.70 bits per heavy atom. The Bertz CT molecular complexity index is 495. The molecule has 4 N–H and O–H groups in total. The van der Waals surface area contributed by atoms with Gasteiger partial charge in [-0.15, -0.1) is 0 Å². The summed E-state index contributed by atoms with van der Waals surface area (Å²) in [5.41, 5.74) is 0.602. The number of benzene rings is 1. The van der Waals surface area contributed by atoms with Crippen LogP contribution in [0, 0.1) is 0 Å². The largest absolute Gasteiger partial charge is 0.496 e. The third-order valence-corrected chi connectivity index (χ3v) is 2.82. The number of carbonyl (C=O) groups excluding carboxylic acids is 1. The average Bonchev–Trinajstić information content (AvgIpc) is 2.42. The molecule has 7 nitrogen and oxygen atoms in total. The van der Waals surface area contributed by atoms with Crippen LogP contribution in [0.3, 0.4) is 0 Å². The van der Waals surface area contributed by atoms with E-state index in [1.807, 2.05) is 0 Å². The zero-order valence-electron chi connectivity index (χ0n) is 10.7. The molecule has 2 amide bonds. The molecule has 0 aliphatic heterocycles. The number of aliphatic carboxylic acids is 1. The SMILES string of the molecule is COc1cccc(Cl)c1CNC(=O)NC[C@H](O)C(=O)O. The molecule has 0 saturated carbocycles. The predicted molar refractivity (Wildman–Crippen MR) is 71.9 cm³/mol. The van der Waals surface area contributed by atoms with Crippen molar-refractivity contribution >= 4 is 23.6 Å². The number of nitrogens with one attached hydrogen (secondary N) is 2. The number of ether oxygens (including phenoxy) is 1. The van der Waals surface area contributed by atoms with Crippen LogP contribution >= 0.6 is 11.6 Å². The first-order valence-corrected chi connectivity index (χ1v) is 6.07. The van der Waals surface area contributed by atoms with Crippen molar-refractivity contribution in [2.75, 3.05) is 13.7 Å². The van der Waals surface area contributed by atoms with E-state index in [2.05, 4.69) is 10.6 Å². The number of urea groups is 1. The number of carboxylic acids is 1. The Morgan fingerprint density at radius 2 is 2.10 bits per heavy atom. The lowest BCUT2D eigenvalue weighted by Gasteiger charge is -2.12. The van der Waals surface area contributed by atoms with Gasteiger partial charge in [0.1, 0.15) is 5.75 Å². The third-order valence-electron chi connectivity index (χ3n) is 2.46. The third kappa shape index (κ3) is 4.60. The highest BCUT2D eigenvalue weighted by Gasteiger charge is 2.14. The molecule has 0 fully saturated rings. The first kappa shape index (κ1) is 16.1. The van der Waals surface area contributed by atoms with Crippen LogP contribution in [0.4, 0.5) is 4.79 Å². The minimum Gasteiger partial charge on any atom is -0.496 e. The van der Waals surface area contributed by atoms with Crippen LogP contribution in [0.25, 0.3) is 0 Å². The molecule has 0 aromatic heterocycles. The maximum atomic E-state index is 11.4. The summed E-state index contributed by atoms with van der Waals surface area (Å²) >= 11 is 5.99. The van der Waals surface area contributed by atoms with Gasteiger partial charge in [0.2, 0.25) is 0 Å². The average molecular weight is 303 g/mol. The van der Waals surface area contributed by atoms with Crippen LogP contribution in [0.5, 0.6) is 5.75 Å². The van der Waals surface area contributed by atoms with E-state index in [0.29, 0.717) is 16.3 Å². The summed E-state index contributed by atoms with van der Waals surface area (Å²) in [5.74, 6) is -0.874. The molecule has 0 aliphatic rings. The van der Waals surface area contributed by atoms with Gasteiger partial charge < -0.3 is 25.6 Å². The highest BCUT2D eigenvalue weighted by molar-refractivity contribution is 6.31. The van der Waals surface area contributed by atoms with Gasteiger partial charge in [-0.3, -0.25) is 0 Å². The summed E-state index contributed by atoms with van der Waals surface area (Å²) in [6.45, 7) is -0.279. The Morgan fingerprint density at radius 1 is 1.40 bits per heavy atom. The molecule has 20 heavy (non-hydrogen) atoms. The molecule has 0 heterocycles. The molecule has 0 spiro atoms. The second-order valence-corrected chi connectivity index (χ2v) is 4.25. The predicted octanol–water partition coefficient (Wildman–Crippen LogP) is 0.593. The topological polar surface area (TPSA) is 108 Å². The summed E-state index contributed by atoms with van der Waals surface area (Å²) in [6, 6.07) is 4.46. The number of aliphatic hydroxyl groups excluding tert-OH is 1. The van der Waals surface area contributed by atoms with Crippen LogP contribution in [0.1, 0.15) is 5.56 Å². The molecule has 0 unspecified atom stereocenters. The fourth-order valence-electron chi connectivity index (χ4n) is 1.41. The molecule has 1 aromatic carbocycles. The molecule has 1 atom stereocenters. The summed E-state index contributed by atoms with van der Waals surface area (Å²) in [7, 11) is 1.48. The van der Waals surface area contributed by atoms with Crippen molar-refractivity contribution in [3.8, 4) is 5.75 Å². The lowest BCUT2D eigenvalue weighted by atomic mass is 10.2. The van der Waals surface area contributed by atoms with Gasteiger partial charge in [-0.25, -0.2) is 9.59 Å². The van der Waals surface area contributed by atoms with Gasteiger partial charge in [-0.1, -0.05) is 17.7 Å². The first-order valence-electron chi connectivity index (χ1n) is 5.69. The summed E-state index contributed by atoms with van der Waals surface area (Å²) in [6.07, 6.45) is -1.64. The van der Waals surface area contributed by atoms with E-state index in [-0.39, 0.29) is 13.1 Å². The van der Waals surface area contributed by atoms with Gasteiger partial charge in [0.15, 0.2) is 6.10 Å². The van der Waals surface area contributed by atoms with Gasteiger partial charge in [0.25, 0.3) is 0 Å². The number of hydrogen-bond acceptors (Lipinski definition) is 4. The zero-order valence-corrected chi connectivity index (χ0v) is 11.5. The van der Waals surface area contributed by atoms with Crippen LogP contribution in [-0.4, -0.2) is 42.0 Å². The summed E-state index contributed by atoms with van der Waals surface area (Å²) in [5, 5.41) is 22.6. The number of amides is 2. The number of carboxylic acid groups (broad SMARTS) is 1. The maximum Gasteiger partial charge on any atom is 0.334 e. The number of aliphatic hydroxyl groups is 1. The fourth-order valence-corrected chi connectivity index (χ4v) is 1.64. The first-order chi connectivity index (χ1) is 9.45. The standard InChI is InChI=1S/C12H15ClN2O5/c1-20-10-4-2-3-8(13)7(10)5-14-12(19)15-6-9(16)11(17)18/h2-4,9,16H,5-6H2,1H3,(H,17,18)(H2,14,15,19)/t9-/m0/s1. The minimum atomic E-state index is -1.64. The molecule has 110 valence electrons. The quantitative estimate of drug-likeness (QED) is 0.615. The summed E-state index contributed by atoms with van der Waals surface area (Å²) in [4.78, 5) is 21.8. The van der Waals surface area contributed by atoms with Crippen molar-refractivity contribution in [3.63, 3.8) is 0 Å². The Labute approximate surface area is 120 Å². The monoisotopic (exact) mass is 302 g/mol. The van der Waals surface area contributed by atoms with E-state index in [0.717, 1.165) is 0 Å².